The average Bonchev–Trinajstić information content (AvgIpc) is 2.68. The Morgan fingerprint density at radius 2 is 2.33 bits per heavy atom. The largest absolute Gasteiger partial charge is 0.311 e. The van der Waals surface area contributed by atoms with Crippen molar-refractivity contribution in [1.82, 2.24) is 10.2 Å². The van der Waals surface area contributed by atoms with Crippen LogP contribution in [0.2, 0.25) is 0 Å². The predicted octanol–water partition coefficient (Wildman–Crippen LogP) is 1.67. The van der Waals surface area contributed by atoms with Gasteiger partial charge in [0.1, 0.15) is 0 Å². The molecule has 0 aromatic heterocycles. The topological polar surface area (TPSA) is 15.3 Å². The minimum Gasteiger partial charge on any atom is -0.311 e. The van der Waals surface area contributed by atoms with Gasteiger partial charge < -0.3 is 10.2 Å². The number of hydrogen-bond donors (Lipinski definition) is 1. The lowest BCUT2D eigenvalue weighted by Crippen LogP contribution is -2.45. The van der Waals surface area contributed by atoms with Gasteiger partial charge in [0.25, 0.3) is 0 Å². The normalized spacial score (nSPS) is 33.8. The Morgan fingerprint density at radius 3 is 2.93 bits per heavy atom. The maximum absolute atomic E-state index is 3.63. The van der Waals surface area contributed by atoms with E-state index in [4.69, 9.17) is 0 Å². The highest BCUT2D eigenvalue weighted by Crippen LogP contribution is 2.24. The van der Waals surface area contributed by atoms with E-state index in [1.807, 2.05) is 0 Å². The molecule has 2 nitrogen and oxygen atoms in total. The van der Waals surface area contributed by atoms with Gasteiger partial charge in [0, 0.05) is 37.2 Å². The van der Waals surface area contributed by atoms with Crippen molar-refractivity contribution in [3.8, 4) is 0 Å². The van der Waals surface area contributed by atoms with E-state index in [1.165, 1.54) is 44.1 Å². The number of rotatable bonds is 3. The van der Waals surface area contributed by atoms with Crippen molar-refractivity contribution < 1.29 is 0 Å². The zero-order chi connectivity index (χ0) is 10.7. The number of hydrogen-bond acceptors (Lipinski definition) is 3. The van der Waals surface area contributed by atoms with Crippen LogP contribution >= 0.6 is 11.8 Å². The quantitative estimate of drug-likeness (QED) is 0.791. The van der Waals surface area contributed by atoms with Crippen LogP contribution in [0.3, 0.4) is 0 Å². The molecule has 0 saturated carbocycles. The van der Waals surface area contributed by atoms with Crippen molar-refractivity contribution in [2.45, 2.75) is 26.3 Å². The maximum atomic E-state index is 3.63. The summed E-state index contributed by atoms with van der Waals surface area (Å²) >= 11 is 2.10. The molecule has 2 fully saturated rings. The Bertz CT molecular complexity index is 190. The van der Waals surface area contributed by atoms with Gasteiger partial charge >= 0.3 is 0 Å². The number of likely N-dealkylation sites (tertiary alicyclic amines) is 1. The van der Waals surface area contributed by atoms with Crippen LogP contribution in [0.15, 0.2) is 0 Å². The summed E-state index contributed by atoms with van der Waals surface area (Å²) in [6, 6.07) is 0.745. The Morgan fingerprint density at radius 1 is 1.47 bits per heavy atom. The summed E-state index contributed by atoms with van der Waals surface area (Å²) in [5, 5.41) is 3.63. The van der Waals surface area contributed by atoms with Crippen LogP contribution in [-0.4, -0.2) is 48.6 Å². The summed E-state index contributed by atoms with van der Waals surface area (Å²) in [6.07, 6.45) is 1.41. The zero-order valence-electron chi connectivity index (χ0n) is 10.0. The highest BCUT2D eigenvalue weighted by Gasteiger charge is 2.26. The fourth-order valence-electron chi connectivity index (χ4n) is 2.62. The average molecular weight is 228 g/mol. The van der Waals surface area contributed by atoms with Crippen LogP contribution < -0.4 is 5.32 Å². The van der Waals surface area contributed by atoms with Crippen LogP contribution in [0.4, 0.5) is 0 Å². The van der Waals surface area contributed by atoms with Gasteiger partial charge in [0.15, 0.2) is 0 Å². The summed E-state index contributed by atoms with van der Waals surface area (Å²) in [5.74, 6) is 4.42. The molecule has 2 unspecified atom stereocenters. The van der Waals surface area contributed by atoms with E-state index in [-0.39, 0.29) is 0 Å². The molecule has 0 radical (unpaired) electrons. The third-order valence-corrected chi connectivity index (χ3v) is 4.86. The molecule has 0 amide bonds. The van der Waals surface area contributed by atoms with Crippen molar-refractivity contribution in [3.05, 3.63) is 0 Å². The standard InChI is InChI=1S/C12H24N2S/c1-10(2)11-3-5-14(7-11)8-12-9-15-6-4-13-12/h10-13H,3-9H2,1-2H3. The predicted molar refractivity (Wildman–Crippen MR) is 68.5 cm³/mol. The summed E-state index contributed by atoms with van der Waals surface area (Å²) in [4.78, 5) is 2.66. The Balaban J connectivity index is 1.71. The molecule has 2 heterocycles. The van der Waals surface area contributed by atoms with E-state index in [2.05, 4.69) is 35.8 Å². The molecule has 3 heteroatoms. The van der Waals surface area contributed by atoms with Crippen LogP contribution in [0.5, 0.6) is 0 Å². The second-order valence-corrected chi connectivity index (χ2v) is 6.43. The lowest BCUT2D eigenvalue weighted by Gasteiger charge is -2.28. The molecule has 2 aliphatic heterocycles. The SMILES string of the molecule is CC(C)C1CCN(CC2CSCCN2)C1. The second-order valence-electron chi connectivity index (χ2n) is 5.28. The fourth-order valence-corrected chi connectivity index (χ4v) is 3.56. The van der Waals surface area contributed by atoms with Gasteiger partial charge in [-0.1, -0.05) is 13.8 Å². The van der Waals surface area contributed by atoms with E-state index in [0.29, 0.717) is 0 Å². The molecular formula is C12H24N2S. The van der Waals surface area contributed by atoms with Crippen molar-refractivity contribution >= 4 is 11.8 Å². The lowest BCUT2D eigenvalue weighted by molar-refractivity contribution is 0.277. The van der Waals surface area contributed by atoms with Gasteiger partial charge in [0.05, 0.1) is 0 Å². The molecule has 0 aromatic rings. The fraction of sp³-hybridized carbons (Fsp3) is 1.00. The van der Waals surface area contributed by atoms with Gasteiger partial charge in [-0.15, -0.1) is 0 Å². The first-order chi connectivity index (χ1) is 7.25. The minimum absolute atomic E-state index is 0.745. The first-order valence-electron chi connectivity index (χ1n) is 6.29. The molecule has 88 valence electrons. The van der Waals surface area contributed by atoms with Crippen LogP contribution in [0, 0.1) is 11.8 Å². The van der Waals surface area contributed by atoms with Crippen LogP contribution in [-0.2, 0) is 0 Å². The van der Waals surface area contributed by atoms with E-state index >= 15 is 0 Å². The second kappa shape index (κ2) is 5.55. The third-order valence-electron chi connectivity index (χ3n) is 3.73. The van der Waals surface area contributed by atoms with Gasteiger partial charge in [-0.2, -0.15) is 11.8 Å². The van der Waals surface area contributed by atoms with Crippen molar-refractivity contribution in [2.75, 3.05) is 37.7 Å². The van der Waals surface area contributed by atoms with Crippen molar-refractivity contribution in [2.24, 2.45) is 11.8 Å². The number of thioether (sulfide) groups is 1. The first-order valence-corrected chi connectivity index (χ1v) is 7.44. The van der Waals surface area contributed by atoms with Gasteiger partial charge in [-0.25, -0.2) is 0 Å². The molecule has 0 aromatic carbocycles. The van der Waals surface area contributed by atoms with E-state index in [1.54, 1.807) is 0 Å². The lowest BCUT2D eigenvalue weighted by atomic mass is 9.95. The molecule has 2 aliphatic rings. The monoisotopic (exact) mass is 228 g/mol. The molecule has 2 saturated heterocycles. The smallest absolute Gasteiger partial charge is 0.0285 e. The van der Waals surface area contributed by atoms with Gasteiger partial charge in [-0.05, 0) is 24.8 Å². The van der Waals surface area contributed by atoms with Crippen LogP contribution in [0.25, 0.3) is 0 Å². The third kappa shape index (κ3) is 3.36. The molecule has 0 bridgehead atoms. The highest BCUT2D eigenvalue weighted by molar-refractivity contribution is 7.99. The van der Waals surface area contributed by atoms with E-state index in [9.17, 15) is 0 Å². The minimum atomic E-state index is 0.745. The zero-order valence-corrected chi connectivity index (χ0v) is 10.9. The summed E-state index contributed by atoms with van der Waals surface area (Å²) in [7, 11) is 0. The van der Waals surface area contributed by atoms with Crippen molar-refractivity contribution in [1.29, 1.82) is 0 Å². The molecule has 0 aliphatic carbocycles. The Labute approximate surface area is 98.2 Å². The maximum Gasteiger partial charge on any atom is 0.0285 e. The first kappa shape index (κ1) is 11.7. The molecular weight excluding hydrogens is 204 g/mol. The highest BCUT2D eigenvalue weighted by atomic mass is 32.2. The Kier molecular flexibility index (Phi) is 4.35. The van der Waals surface area contributed by atoms with E-state index < -0.39 is 0 Å². The van der Waals surface area contributed by atoms with E-state index in [0.717, 1.165) is 17.9 Å². The summed E-state index contributed by atoms with van der Waals surface area (Å²) in [5.41, 5.74) is 0. The molecule has 15 heavy (non-hydrogen) atoms. The molecule has 0 spiro atoms. The van der Waals surface area contributed by atoms with Crippen molar-refractivity contribution in [3.63, 3.8) is 0 Å². The Hall–Kier alpha value is 0.270. The molecule has 1 N–H and O–H groups in total. The van der Waals surface area contributed by atoms with Gasteiger partial charge in [0.2, 0.25) is 0 Å². The number of nitrogens with one attached hydrogen (secondary N) is 1. The van der Waals surface area contributed by atoms with Gasteiger partial charge in [-0.3, -0.25) is 0 Å². The van der Waals surface area contributed by atoms with Crippen LogP contribution in [0.1, 0.15) is 20.3 Å². The summed E-state index contributed by atoms with van der Waals surface area (Å²) < 4.78 is 0. The number of nitrogens with zero attached hydrogens (tertiary/aromatic N) is 1. The summed E-state index contributed by atoms with van der Waals surface area (Å²) in [6.45, 7) is 9.87. The molecule has 2 atom stereocenters. The molecule has 2 rings (SSSR count).